The van der Waals surface area contributed by atoms with E-state index in [1.807, 2.05) is 37.4 Å². The van der Waals surface area contributed by atoms with Crippen molar-refractivity contribution >= 4 is 33.4 Å². The molecule has 4 rings (SSSR count). The number of fused-ring (bicyclic) bond motifs is 3. The van der Waals surface area contributed by atoms with Gasteiger partial charge in [0, 0.05) is 19.1 Å². The molecule has 0 radical (unpaired) electrons. The molecule has 2 aliphatic rings. The lowest BCUT2D eigenvalue weighted by Crippen LogP contribution is -2.65. The number of rotatable bonds is 5. The maximum atomic E-state index is 13.7. The van der Waals surface area contributed by atoms with Gasteiger partial charge in [0.25, 0.3) is 5.91 Å². The Morgan fingerprint density at radius 1 is 1.23 bits per heavy atom. The monoisotopic (exact) mass is 430 g/mol. The Labute approximate surface area is 183 Å². The number of aromatic nitrogens is 1. The van der Waals surface area contributed by atoms with Crippen LogP contribution in [0.4, 0.5) is 0 Å². The van der Waals surface area contributed by atoms with E-state index in [4.69, 9.17) is 0 Å². The Morgan fingerprint density at radius 3 is 2.63 bits per heavy atom. The molecule has 0 saturated heterocycles. The van der Waals surface area contributed by atoms with E-state index in [0.29, 0.717) is 18.8 Å². The van der Waals surface area contributed by atoms with Gasteiger partial charge < -0.3 is 19.7 Å². The van der Waals surface area contributed by atoms with Gasteiger partial charge in [0.15, 0.2) is 0 Å². The summed E-state index contributed by atoms with van der Waals surface area (Å²) in [5.74, 6) is -0.0512. The van der Waals surface area contributed by atoms with Gasteiger partial charge in [0.1, 0.15) is 11.2 Å². The summed E-state index contributed by atoms with van der Waals surface area (Å²) >= 11 is 1.64. The summed E-state index contributed by atoms with van der Waals surface area (Å²) < 4.78 is 3.16. The largest absolute Gasteiger partial charge is 0.351 e. The first-order valence-electron chi connectivity index (χ1n) is 11.2. The minimum Gasteiger partial charge on any atom is -0.351 e. The summed E-state index contributed by atoms with van der Waals surface area (Å²) in [5, 5.41) is 5.39. The fourth-order valence-electron chi connectivity index (χ4n) is 4.86. The van der Waals surface area contributed by atoms with E-state index < -0.39 is 5.54 Å². The van der Waals surface area contributed by atoms with Crippen LogP contribution in [0.5, 0.6) is 0 Å². The van der Waals surface area contributed by atoms with Gasteiger partial charge in [-0.05, 0) is 51.4 Å². The second kappa shape index (κ2) is 8.71. The molecule has 0 spiro atoms. The Bertz CT molecular complexity index is 910. The lowest BCUT2D eigenvalue weighted by atomic mass is 9.92. The van der Waals surface area contributed by atoms with Crippen molar-refractivity contribution < 1.29 is 9.59 Å². The molecule has 2 aromatic rings. The molecule has 164 valence electrons. The minimum atomic E-state index is -0.893. The standard InChI is InChI=1S/C23H34N4O2S/c1-23(22(29)24-17-9-7-5-4-6-8-10-17)16-26-18-11-14-30-20(18)15-19(26)21(28)27(23)13-12-25(2)3/h11,14-15,17H,4-10,12-13,16H2,1-3H3,(H,24,29)/t23-/m1/s1. The Morgan fingerprint density at radius 2 is 1.93 bits per heavy atom. The van der Waals surface area contributed by atoms with Gasteiger partial charge in [-0.3, -0.25) is 9.59 Å². The third-order valence-corrected chi connectivity index (χ3v) is 7.60. The summed E-state index contributed by atoms with van der Waals surface area (Å²) in [6, 6.07) is 4.25. The number of carbonyl (C=O) groups is 2. The summed E-state index contributed by atoms with van der Waals surface area (Å²) in [5.41, 5.74) is 0.864. The molecule has 0 aromatic carbocycles. The molecule has 0 bridgehead atoms. The number of hydrogen-bond donors (Lipinski definition) is 1. The first-order valence-corrected chi connectivity index (χ1v) is 12.1. The van der Waals surface area contributed by atoms with Crippen LogP contribution in [0.1, 0.15) is 62.4 Å². The van der Waals surface area contributed by atoms with E-state index in [1.54, 1.807) is 11.3 Å². The van der Waals surface area contributed by atoms with Crippen LogP contribution in [-0.4, -0.2) is 64.9 Å². The highest BCUT2D eigenvalue weighted by Gasteiger charge is 2.48. The van der Waals surface area contributed by atoms with Crippen molar-refractivity contribution in [2.45, 2.75) is 70.0 Å². The Hall–Kier alpha value is -1.86. The average molecular weight is 431 g/mol. The molecule has 6 nitrogen and oxygen atoms in total. The molecule has 3 heterocycles. The predicted octanol–water partition coefficient (Wildman–Crippen LogP) is 3.71. The van der Waals surface area contributed by atoms with Crippen LogP contribution in [0.15, 0.2) is 17.5 Å². The Balaban J connectivity index is 1.63. The summed E-state index contributed by atoms with van der Waals surface area (Å²) in [6.45, 7) is 3.71. The van der Waals surface area contributed by atoms with Gasteiger partial charge in [-0.1, -0.05) is 32.1 Å². The highest BCUT2D eigenvalue weighted by Crippen LogP contribution is 2.34. The average Bonchev–Trinajstić information content (AvgIpc) is 3.25. The number of nitrogens with one attached hydrogen (secondary N) is 1. The van der Waals surface area contributed by atoms with E-state index in [9.17, 15) is 9.59 Å². The molecule has 7 heteroatoms. The van der Waals surface area contributed by atoms with Crippen LogP contribution in [0.2, 0.25) is 0 Å². The van der Waals surface area contributed by atoms with Gasteiger partial charge in [-0.25, -0.2) is 0 Å². The third-order valence-electron chi connectivity index (χ3n) is 6.75. The van der Waals surface area contributed by atoms with E-state index in [0.717, 1.165) is 29.6 Å². The van der Waals surface area contributed by atoms with Gasteiger partial charge in [0.2, 0.25) is 5.91 Å². The highest BCUT2D eigenvalue weighted by molar-refractivity contribution is 7.17. The van der Waals surface area contributed by atoms with Gasteiger partial charge in [-0.15, -0.1) is 11.3 Å². The number of carbonyl (C=O) groups excluding carboxylic acids is 2. The van der Waals surface area contributed by atoms with Crippen molar-refractivity contribution in [1.82, 2.24) is 19.7 Å². The van der Waals surface area contributed by atoms with Crippen molar-refractivity contribution in [3.8, 4) is 0 Å². The Kier molecular flexibility index (Phi) is 6.21. The predicted molar refractivity (Wildman–Crippen MR) is 122 cm³/mol. The molecule has 1 aliphatic heterocycles. The van der Waals surface area contributed by atoms with Crippen LogP contribution in [0.25, 0.3) is 10.2 Å². The van der Waals surface area contributed by atoms with E-state index in [1.165, 1.54) is 32.1 Å². The van der Waals surface area contributed by atoms with E-state index >= 15 is 0 Å². The van der Waals surface area contributed by atoms with Crippen LogP contribution < -0.4 is 5.32 Å². The first kappa shape index (κ1) is 21.4. The fraction of sp³-hybridized carbons (Fsp3) is 0.652. The zero-order valence-corrected chi connectivity index (χ0v) is 19.3. The first-order chi connectivity index (χ1) is 14.4. The molecule has 2 amide bonds. The zero-order valence-electron chi connectivity index (χ0n) is 18.4. The fourth-order valence-corrected chi connectivity index (χ4v) is 5.69. The quantitative estimate of drug-likeness (QED) is 0.787. The van der Waals surface area contributed by atoms with Crippen LogP contribution in [0, 0.1) is 0 Å². The molecule has 2 aromatic heterocycles. The molecule has 1 N–H and O–H groups in total. The topological polar surface area (TPSA) is 57.6 Å². The summed E-state index contributed by atoms with van der Waals surface area (Å²) in [7, 11) is 4.00. The van der Waals surface area contributed by atoms with Crippen LogP contribution in [0.3, 0.4) is 0 Å². The number of amides is 2. The van der Waals surface area contributed by atoms with Gasteiger partial charge >= 0.3 is 0 Å². The van der Waals surface area contributed by atoms with Crippen molar-refractivity contribution in [2.75, 3.05) is 27.2 Å². The number of nitrogens with zero attached hydrogens (tertiary/aromatic N) is 3. The van der Waals surface area contributed by atoms with Crippen molar-refractivity contribution in [3.05, 3.63) is 23.2 Å². The van der Waals surface area contributed by atoms with Crippen molar-refractivity contribution in [3.63, 3.8) is 0 Å². The normalized spacial score (nSPS) is 23.5. The maximum Gasteiger partial charge on any atom is 0.271 e. The van der Waals surface area contributed by atoms with E-state index in [-0.39, 0.29) is 17.9 Å². The van der Waals surface area contributed by atoms with Crippen LogP contribution >= 0.6 is 11.3 Å². The van der Waals surface area contributed by atoms with Crippen LogP contribution in [-0.2, 0) is 11.3 Å². The highest BCUT2D eigenvalue weighted by atomic mass is 32.1. The molecular weight excluding hydrogens is 396 g/mol. The van der Waals surface area contributed by atoms with E-state index in [2.05, 4.69) is 20.9 Å². The number of thiophene rings is 1. The molecule has 0 unspecified atom stereocenters. The lowest BCUT2D eigenvalue weighted by Gasteiger charge is -2.45. The number of likely N-dealkylation sites (N-methyl/N-ethyl adjacent to an activating group) is 1. The maximum absolute atomic E-state index is 13.7. The molecule has 1 aliphatic carbocycles. The molecule has 1 atom stereocenters. The van der Waals surface area contributed by atoms with Gasteiger partial charge in [-0.2, -0.15) is 0 Å². The second-order valence-corrected chi connectivity index (χ2v) is 10.3. The SMILES string of the molecule is CN(C)CCN1C(=O)c2cc3sccc3n2C[C@]1(C)C(=O)NC1CCCCCCC1. The molecule has 30 heavy (non-hydrogen) atoms. The number of hydrogen-bond acceptors (Lipinski definition) is 4. The zero-order chi connectivity index (χ0) is 21.3. The smallest absolute Gasteiger partial charge is 0.271 e. The summed E-state index contributed by atoms with van der Waals surface area (Å²) in [4.78, 5) is 31.1. The van der Waals surface area contributed by atoms with Crippen molar-refractivity contribution in [1.29, 1.82) is 0 Å². The lowest BCUT2D eigenvalue weighted by molar-refractivity contribution is -0.133. The third kappa shape index (κ3) is 4.02. The van der Waals surface area contributed by atoms with Gasteiger partial charge in [0.05, 0.1) is 16.8 Å². The second-order valence-electron chi connectivity index (χ2n) is 9.34. The molecular formula is C23H34N4O2S. The van der Waals surface area contributed by atoms with Crippen molar-refractivity contribution in [2.24, 2.45) is 0 Å². The minimum absolute atomic E-state index is 0.0112. The molecule has 1 fully saturated rings. The molecule has 1 saturated carbocycles. The summed E-state index contributed by atoms with van der Waals surface area (Å²) in [6.07, 6.45) is 8.22.